The number of aliphatic hydroxyl groups excluding tert-OH is 1. The van der Waals surface area contributed by atoms with Crippen molar-refractivity contribution < 1.29 is 42.6 Å². The summed E-state index contributed by atoms with van der Waals surface area (Å²) in [4.78, 5) is 32.2. The summed E-state index contributed by atoms with van der Waals surface area (Å²) in [5, 5.41) is 8.66. The molecule has 3 rings (SSSR count). The van der Waals surface area contributed by atoms with Gasteiger partial charge in [0.25, 0.3) is 0 Å². The number of aliphatic hydroxyl groups is 1. The molecule has 0 saturated carbocycles. The van der Waals surface area contributed by atoms with Crippen LogP contribution in [0.5, 0.6) is 0 Å². The third-order valence-electron chi connectivity index (χ3n) is 5.46. The van der Waals surface area contributed by atoms with Crippen molar-refractivity contribution in [2.75, 3.05) is 32.6 Å². The molecule has 0 aliphatic rings. The fourth-order valence-electron chi connectivity index (χ4n) is 3.57. The van der Waals surface area contributed by atoms with Gasteiger partial charge in [-0.1, -0.05) is 83.4 Å². The minimum atomic E-state index is -3.28. The van der Waals surface area contributed by atoms with Gasteiger partial charge in [-0.2, -0.15) is 0 Å². The Morgan fingerprint density at radius 2 is 1.22 bits per heavy atom. The second-order valence-electron chi connectivity index (χ2n) is 9.59. The molecule has 252 valence electrons. The predicted octanol–water partition coefficient (Wildman–Crippen LogP) is 7.68. The largest absolute Gasteiger partial charge is 0.466 e. The van der Waals surface area contributed by atoms with E-state index in [0.29, 0.717) is 6.61 Å². The molecule has 46 heavy (non-hydrogen) atoms. The van der Waals surface area contributed by atoms with Gasteiger partial charge in [0.2, 0.25) is 0 Å². The normalized spacial score (nSPS) is 10.3. The fraction of sp³-hybridized carbons (Fsp3) is 0.361. The molecular formula is C36H49O9P. The number of benzene rings is 3. The van der Waals surface area contributed by atoms with Gasteiger partial charge in [0, 0.05) is 11.6 Å². The first kappa shape index (κ1) is 42.1. The van der Waals surface area contributed by atoms with E-state index in [1.807, 2.05) is 87.5 Å². The van der Waals surface area contributed by atoms with Crippen LogP contribution < -0.4 is 0 Å². The van der Waals surface area contributed by atoms with Gasteiger partial charge in [-0.15, -0.1) is 0 Å². The van der Waals surface area contributed by atoms with Gasteiger partial charge < -0.3 is 23.6 Å². The standard InChI is InChI=1S/C12H14O2.C8H17O5P.C8H10O.C8H8O/c1-3-14-12(13)8-7-11-6-4-5-10(2)9-11;1-4-11-8(9)7-14(10,12-5-2)13-6-3;2*1-7-3-2-4-8(5-7)6-9/h4-9H,3H2,1-2H3;4-7H2,1-3H3;2-5,9H,6H2,1H3;2-6H,1H3. The van der Waals surface area contributed by atoms with Crippen LogP contribution in [0.25, 0.3) is 6.08 Å². The van der Waals surface area contributed by atoms with Gasteiger partial charge in [0.05, 0.1) is 33.0 Å². The molecule has 3 aromatic rings. The first-order valence-corrected chi connectivity index (χ1v) is 16.8. The van der Waals surface area contributed by atoms with E-state index in [0.717, 1.165) is 28.5 Å². The van der Waals surface area contributed by atoms with E-state index in [4.69, 9.17) is 18.9 Å². The summed E-state index contributed by atoms with van der Waals surface area (Å²) >= 11 is 0. The van der Waals surface area contributed by atoms with Crippen molar-refractivity contribution in [3.8, 4) is 0 Å². The number of esters is 2. The van der Waals surface area contributed by atoms with E-state index in [1.54, 1.807) is 39.8 Å². The topological polar surface area (TPSA) is 125 Å². The van der Waals surface area contributed by atoms with Gasteiger partial charge in [0.15, 0.2) is 0 Å². The fourth-order valence-corrected chi connectivity index (χ4v) is 5.02. The van der Waals surface area contributed by atoms with E-state index >= 15 is 0 Å². The summed E-state index contributed by atoms with van der Waals surface area (Å²) in [6.45, 7) is 14.2. The molecule has 0 spiro atoms. The van der Waals surface area contributed by atoms with Crippen LogP contribution in [0.3, 0.4) is 0 Å². The molecule has 9 nitrogen and oxygen atoms in total. The quantitative estimate of drug-likeness (QED) is 0.0904. The summed E-state index contributed by atoms with van der Waals surface area (Å²) in [6, 6.07) is 23.3. The molecule has 0 aromatic heterocycles. The number of ether oxygens (including phenoxy) is 2. The molecule has 0 unspecified atom stereocenters. The Bertz CT molecular complexity index is 1380. The van der Waals surface area contributed by atoms with Crippen LogP contribution in [-0.2, 0) is 39.3 Å². The highest BCUT2D eigenvalue weighted by atomic mass is 31.2. The lowest BCUT2D eigenvalue weighted by molar-refractivity contribution is -0.140. The van der Waals surface area contributed by atoms with Crippen LogP contribution in [0.15, 0.2) is 78.9 Å². The van der Waals surface area contributed by atoms with Crippen molar-refractivity contribution in [3.05, 3.63) is 112 Å². The summed E-state index contributed by atoms with van der Waals surface area (Å²) in [5.41, 5.74) is 6.24. The molecule has 0 atom stereocenters. The molecule has 0 heterocycles. The van der Waals surface area contributed by atoms with Crippen LogP contribution in [0.4, 0.5) is 0 Å². The smallest absolute Gasteiger partial charge is 0.341 e. The molecule has 10 heteroatoms. The van der Waals surface area contributed by atoms with Crippen molar-refractivity contribution in [2.24, 2.45) is 0 Å². The lowest BCUT2D eigenvalue weighted by Gasteiger charge is -2.15. The molecule has 0 aliphatic heterocycles. The molecule has 0 aliphatic carbocycles. The molecular weight excluding hydrogens is 607 g/mol. The third-order valence-corrected chi connectivity index (χ3v) is 7.41. The second-order valence-corrected chi connectivity index (χ2v) is 11.6. The highest BCUT2D eigenvalue weighted by Crippen LogP contribution is 2.47. The lowest BCUT2D eigenvalue weighted by atomic mass is 10.1. The number of carbonyl (C=O) groups is 3. The van der Waals surface area contributed by atoms with Crippen LogP contribution in [-0.4, -0.2) is 55.9 Å². The molecule has 3 aromatic carbocycles. The van der Waals surface area contributed by atoms with E-state index in [9.17, 15) is 18.9 Å². The second kappa shape index (κ2) is 25.3. The zero-order valence-corrected chi connectivity index (χ0v) is 29.0. The van der Waals surface area contributed by atoms with Crippen LogP contribution in [0.1, 0.15) is 65.9 Å². The number of carbonyl (C=O) groups excluding carboxylic acids is 3. The highest BCUT2D eigenvalue weighted by molar-refractivity contribution is 7.54. The van der Waals surface area contributed by atoms with Gasteiger partial charge >= 0.3 is 19.5 Å². The van der Waals surface area contributed by atoms with Crippen molar-refractivity contribution in [1.29, 1.82) is 0 Å². The Balaban J connectivity index is 0.000000599. The van der Waals surface area contributed by atoms with E-state index in [-0.39, 0.29) is 38.6 Å². The maximum Gasteiger partial charge on any atom is 0.341 e. The van der Waals surface area contributed by atoms with Crippen LogP contribution in [0.2, 0.25) is 0 Å². The molecule has 1 N–H and O–H groups in total. The minimum absolute atomic E-state index is 0.141. The van der Waals surface area contributed by atoms with Gasteiger partial charge in [0.1, 0.15) is 12.4 Å². The summed E-state index contributed by atoms with van der Waals surface area (Å²) in [6.07, 6.45) is 3.73. The number of hydrogen-bond acceptors (Lipinski definition) is 9. The summed E-state index contributed by atoms with van der Waals surface area (Å²) in [5.74, 6) is -0.855. The summed E-state index contributed by atoms with van der Waals surface area (Å²) in [7, 11) is -3.28. The van der Waals surface area contributed by atoms with Gasteiger partial charge in [-0.05, 0) is 71.7 Å². The Kier molecular flexibility index (Phi) is 23.2. The van der Waals surface area contributed by atoms with Crippen LogP contribution >= 0.6 is 7.60 Å². The van der Waals surface area contributed by atoms with E-state index in [2.05, 4.69) is 4.74 Å². The lowest BCUT2D eigenvalue weighted by Crippen LogP contribution is -2.12. The Morgan fingerprint density at radius 1 is 0.717 bits per heavy atom. The first-order valence-electron chi connectivity index (χ1n) is 15.1. The first-order chi connectivity index (χ1) is 21.9. The molecule has 0 saturated heterocycles. The molecule has 0 fully saturated rings. The Labute approximate surface area is 274 Å². The predicted molar refractivity (Wildman–Crippen MR) is 183 cm³/mol. The minimum Gasteiger partial charge on any atom is -0.466 e. The zero-order valence-electron chi connectivity index (χ0n) is 28.1. The van der Waals surface area contributed by atoms with Crippen molar-refractivity contribution in [1.82, 2.24) is 0 Å². The monoisotopic (exact) mass is 656 g/mol. The molecule has 0 amide bonds. The van der Waals surface area contributed by atoms with Crippen molar-refractivity contribution in [2.45, 2.75) is 55.1 Å². The average molecular weight is 657 g/mol. The molecule has 0 bridgehead atoms. The zero-order chi connectivity index (χ0) is 34.8. The summed E-state index contributed by atoms with van der Waals surface area (Å²) < 4.78 is 31.0. The Morgan fingerprint density at radius 3 is 1.63 bits per heavy atom. The van der Waals surface area contributed by atoms with Crippen molar-refractivity contribution in [3.63, 3.8) is 0 Å². The van der Waals surface area contributed by atoms with Crippen LogP contribution in [0, 0.1) is 20.8 Å². The number of aryl methyl sites for hydroxylation is 3. The SMILES string of the molecule is CCOC(=O)C=Cc1cccc(C)c1.CCOC(=O)CP(=O)(OCC)OCC.Cc1cccc(C=O)c1.Cc1cccc(CO)c1. The highest BCUT2D eigenvalue weighted by Gasteiger charge is 2.28. The van der Waals surface area contributed by atoms with Crippen molar-refractivity contribution >= 4 is 31.9 Å². The van der Waals surface area contributed by atoms with E-state index < -0.39 is 13.6 Å². The average Bonchev–Trinajstić information content (AvgIpc) is 3.01. The Hall–Kier alpha value is -3.88. The third kappa shape index (κ3) is 21.0. The maximum atomic E-state index is 11.8. The number of aldehydes is 1. The number of hydrogen-bond donors (Lipinski definition) is 1. The van der Waals surface area contributed by atoms with Gasteiger partial charge in [-0.3, -0.25) is 14.2 Å². The number of rotatable bonds is 12. The van der Waals surface area contributed by atoms with Gasteiger partial charge in [-0.25, -0.2) is 4.79 Å². The maximum absolute atomic E-state index is 11.8. The van der Waals surface area contributed by atoms with E-state index in [1.165, 1.54) is 17.2 Å². The molecule has 0 radical (unpaired) electrons.